The highest BCUT2D eigenvalue weighted by Crippen LogP contribution is 2.32. The summed E-state index contributed by atoms with van der Waals surface area (Å²) in [5.41, 5.74) is 0.810. The van der Waals surface area contributed by atoms with Crippen LogP contribution in [0.1, 0.15) is 76.1 Å². The molecule has 4 aliphatic heterocycles. The Morgan fingerprint density at radius 3 is 1.59 bits per heavy atom. The summed E-state index contributed by atoms with van der Waals surface area (Å²) in [5.74, 6) is 0.996. The topological polar surface area (TPSA) is 172 Å². The number of rotatable bonds is 2. The van der Waals surface area contributed by atoms with Crippen molar-refractivity contribution >= 4 is 29.6 Å². The molecule has 0 unspecified atom stereocenters. The molecule has 4 heterocycles. The normalized spacial score (nSPS) is 19.3. The van der Waals surface area contributed by atoms with Gasteiger partial charge in [-0.05, 0) is 108 Å². The van der Waals surface area contributed by atoms with Crippen LogP contribution >= 0.6 is 0 Å². The van der Waals surface area contributed by atoms with E-state index in [1.165, 1.54) is 0 Å². The second-order valence-corrected chi connectivity index (χ2v) is 12.5. The number of amides is 3. The predicted molar refractivity (Wildman–Crippen MR) is 173 cm³/mol. The largest absolute Gasteiger partial charge is 0.444 e. The van der Waals surface area contributed by atoms with Crippen LogP contribution in [-0.4, -0.2) is 77.3 Å². The standard InChI is InChI=1S/C19H22N4O3.C14H14N4O.CH4/c1-18(2,3)26-17(25)23-10-8-19(9-11-23)16(24)21-15(22-19)14-6-4-13(12-20)5-7-14;15-9-10-1-3-11(4-2-10)12-17-13(19)14(18-12)5-7-16-8-6-14;/h4-7H,8-11H2,1-3H3,(H,21,22,24);1-4,16H,5-8H2,(H,17,18,19);1H4. The highest BCUT2D eigenvalue weighted by Gasteiger charge is 2.47. The van der Waals surface area contributed by atoms with Crippen LogP contribution in [0.2, 0.25) is 0 Å². The molecule has 3 amide bonds. The third kappa shape index (κ3) is 7.24. The van der Waals surface area contributed by atoms with Crippen LogP contribution in [0.5, 0.6) is 0 Å². The summed E-state index contributed by atoms with van der Waals surface area (Å²) < 4.78 is 5.39. The summed E-state index contributed by atoms with van der Waals surface area (Å²) >= 11 is 0. The molecule has 12 heteroatoms. The van der Waals surface area contributed by atoms with Crippen LogP contribution in [0.4, 0.5) is 4.79 Å². The molecule has 0 bridgehead atoms. The number of ether oxygens (including phenoxy) is 1. The fourth-order valence-corrected chi connectivity index (χ4v) is 5.62. The molecule has 3 N–H and O–H groups in total. The van der Waals surface area contributed by atoms with E-state index in [1.54, 1.807) is 41.3 Å². The molecule has 2 aromatic rings. The van der Waals surface area contributed by atoms with Crippen molar-refractivity contribution < 1.29 is 19.1 Å². The second kappa shape index (κ2) is 13.5. The van der Waals surface area contributed by atoms with Crippen LogP contribution in [-0.2, 0) is 14.3 Å². The fraction of sp³-hybridized carbons (Fsp3) is 0.441. The van der Waals surface area contributed by atoms with E-state index in [2.05, 4.69) is 38.1 Å². The number of hydrogen-bond acceptors (Lipinski definition) is 9. The first-order valence-electron chi connectivity index (χ1n) is 15.0. The quantitative estimate of drug-likeness (QED) is 0.459. The van der Waals surface area contributed by atoms with Gasteiger partial charge in [0.2, 0.25) is 0 Å². The van der Waals surface area contributed by atoms with Crippen LogP contribution < -0.4 is 16.0 Å². The number of nitrogens with zero attached hydrogens (tertiary/aromatic N) is 5. The number of amidine groups is 2. The van der Waals surface area contributed by atoms with Gasteiger partial charge in [0.25, 0.3) is 11.8 Å². The first-order valence-corrected chi connectivity index (χ1v) is 15.0. The number of likely N-dealkylation sites (tertiary alicyclic amines) is 1. The minimum absolute atomic E-state index is 0. The van der Waals surface area contributed by atoms with Crippen molar-refractivity contribution in [2.45, 2.75) is 70.6 Å². The van der Waals surface area contributed by atoms with Crippen molar-refractivity contribution in [3.05, 3.63) is 70.8 Å². The molecular formula is C34H40N8O4. The summed E-state index contributed by atoms with van der Waals surface area (Å²) in [6, 6.07) is 18.2. The van der Waals surface area contributed by atoms with Crippen molar-refractivity contribution in [1.29, 1.82) is 10.5 Å². The molecule has 240 valence electrons. The Morgan fingerprint density at radius 2 is 1.20 bits per heavy atom. The van der Waals surface area contributed by atoms with Crippen molar-refractivity contribution in [2.75, 3.05) is 26.2 Å². The minimum Gasteiger partial charge on any atom is -0.444 e. The minimum atomic E-state index is -0.832. The van der Waals surface area contributed by atoms with Crippen molar-refractivity contribution in [3.8, 4) is 12.1 Å². The Labute approximate surface area is 269 Å². The Kier molecular flexibility index (Phi) is 9.93. The molecule has 0 aliphatic carbocycles. The van der Waals surface area contributed by atoms with E-state index < -0.39 is 16.7 Å². The maximum absolute atomic E-state index is 12.6. The fourth-order valence-electron chi connectivity index (χ4n) is 5.62. The van der Waals surface area contributed by atoms with E-state index in [4.69, 9.17) is 15.3 Å². The van der Waals surface area contributed by atoms with E-state index in [-0.39, 0.29) is 25.3 Å². The Hall–Kier alpha value is -5.07. The molecule has 0 aromatic heterocycles. The number of carbonyl (C=O) groups excluding carboxylic acids is 3. The van der Waals surface area contributed by atoms with Crippen LogP contribution in [0.25, 0.3) is 0 Å². The van der Waals surface area contributed by atoms with Gasteiger partial charge in [0.1, 0.15) is 28.4 Å². The summed E-state index contributed by atoms with van der Waals surface area (Å²) in [5, 5.41) is 26.6. The average molecular weight is 625 g/mol. The Bertz CT molecular complexity index is 1610. The summed E-state index contributed by atoms with van der Waals surface area (Å²) in [4.78, 5) is 47.8. The van der Waals surface area contributed by atoms with Crippen LogP contribution in [0.15, 0.2) is 58.5 Å². The van der Waals surface area contributed by atoms with Crippen molar-refractivity contribution in [3.63, 3.8) is 0 Å². The monoisotopic (exact) mass is 624 g/mol. The summed E-state index contributed by atoms with van der Waals surface area (Å²) in [6.45, 7) is 7.97. The van der Waals surface area contributed by atoms with Gasteiger partial charge in [-0.25, -0.2) is 4.79 Å². The van der Waals surface area contributed by atoms with Gasteiger partial charge in [0, 0.05) is 24.2 Å². The first kappa shape index (κ1) is 33.8. The number of carbonyl (C=O) groups is 3. The van der Waals surface area contributed by atoms with E-state index in [0.717, 1.165) is 37.1 Å². The zero-order valence-electron chi connectivity index (χ0n) is 25.6. The average Bonchev–Trinajstić information content (AvgIpc) is 3.52. The molecule has 0 radical (unpaired) electrons. The molecule has 2 fully saturated rings. The Morgan fingerprint density at radius 1 is 0.783 bits per heavy atom. The third-order valence-electron chi connectivity index (χ3n) is 8.21. The van der Waals surface area contributed by atoms with Gasteiger partial charge in [-0.3, -0.25) is 19.6 Å². The second-order valence-electron chi connectivity index (χ2n) is 12.5. The Balaban J connectivity index is 0.000000213. The van der Waals surface area contributed by atoms with Gasteiger partial charge >= 0.3 is 6.09 Å². The van der Waals surface area contributed by atoms with Crippen LogP contribution in [0, 0.1) is 22.7 Å². The highest BCUT2D eigenvalue weighted by molar-refractivity contribution is 6.16. The lowest BCUT2D eigenvalue weighted by atomic mass is 9.88. The number of piperidine rings is 2. The summed E-state index contributed by atoms with van der Waals surface area (Å²) in [6.07, 6.45) is 2.02. The lowest BCUT2D eigenvalue weighted by molar-refractivity contribution is -0.125. The maximum Gasteiger partial charge on any atom is 0.410 e. The number of aliphatic imine (C=N–C) groups is 2. The smallest absolute Gasteiger partial charge is 0.410 e. The zero-order chi connectivity index (χ0) is 32.2. The number of nitriles is 2. The molecule has 6 rings (SSSR count). The molecule has 0 atom stereocenters. The predicted octanol–water partition coefficient (Wildman–Crippen LogP) is 3.40. The highest BCUT2D eigenvalue weighted by atomic mass is 16.6. The molecule has 4 aliphatic rings. The maximum atomic E-state index is 12.6. The van der Waals surface area contributed by atoms with Gasteiger partial charge < -0.3 is 25.6 Å². The van der Waals surface area contributed by atoms with Gasteiger partial charge in [-0.1, -0.05) is 7.43 Å². The van der Waals surface area contributed by atoms with Crippen LogP contribution in [0.3, 0.4) is 0 Å². The molecule has 2 aromatic carbocycles. The lowest BCUT2D eigenvalue weighted by Gasteiger charge is -2.36. The van der Waals surface area contributed by atoms with Gasteiger partial charge in [0.05, 0.1) is 23.3 Å². The van der Waals surface area contributed by atoms with Gasteiger partial charge in [-0.2, -0.15) is 10.5 Å². The number of benzene rings is 2. The van der Waals surface area contributed by atoms with Crippen molar-refractivity contribution in [2.24, 2.45) is 9.98 Å². The van der Waals surface area contributed by atoms with E-state index >= 15 is 0 Å². The number of hydrogen-bond donors (Lipinski definition) is 3. The zero-order valence-corrected chi connectivity index (χ0v) is 25.6. The van der Waals surface area contributed by atoms with Gasteiger partial charge in [0.15, 0.2) is 0 Å². The van der Waals surface area contributed by atoms with E-state index in [9.17, 15) is 14.4 Å². The molecule has 46 heavy (non-hydrogen) atoms. The molecule has 2 saturated heterocycles. The van der Waals surface area contributed by atoms with E-state index in [1.807, 2.05) is 32.9 Å². The third-order valence-corrected chi connectivity index (χ3v) is 8.21. The van der Waals surface area contributed by atoms with Crippen molar-refractivity contribution in [1.82, 2.24) is 20.9 Å². The van der Waals surface area contributed by atoms with E-state index in [0.29, 0.717) is 48.7 Å². The molecule has 2 spiro atoms. The lowest BCUT2D eigenvalue weighted by Crippen LogP contribution is -2.51. The summed E-state index contributed by atoms with van der Waals surface area (Å²) in [7, 11) is 0. The molecule has 12 nitrogen and oxygen atoms in total. The first-order chi connectivity index (χ1) is 21.5. The molecule has 0 saturated carbocycles. The number of nitrogens with one attached hydrogen (secondary N) is 3. The van der Waals surface area contributed by atoms with Gasteiger partial charge in [-0.15, -0.1) is 0 Å². The molecular weight excluding hydrogens is 584 g/mol. The SMILES string of the molecule is C.CC(C)(C)OC(=O)N1CCC2(CC1)N=C(c1ccc(C#N)cc1)NC2=O.N#Cc1ccc(C2=NC3(CCNCC3)C(=O)N2)cc1.